The summed E-state index contributed by atoms with van der Waals surface area (Å²) in [5, 5.41) is 14.1. The second kappa shape index (κ2) is 8.72. The quantitative estimate of drug-likeness (QED) is 0.446. The van der Waals surface area contributed by atoms with Crippen LogP contribution in [0.1, 0.15) is 57.6 Å². The molecule has 0 radical (unpaired) electrons. The van der Waals surface area contributed by atoms with E-state index in [0.717, 1.165) is 16.9 Å². The molecule has 1 aliphatic rings. The molecule has 0 aromatic heterocycles. The summed E-state index contributed by atoms with van der Waals surface area (Å²) in [6, 6.07) is 15.7. The first-order valence-corrected chi connectivity index (χ1v) is 10.4. The third kappa shape index (κ3) is 5.79. The van der Waals surface area contributed by atoms with Gasteiger partial charge in [0.05, 0.1) is 6.54 Å². The van der Waals surface area contributed by atoms with E-state index in [4.69, 9.17) is 0 Å². The Morgan fingerprint density at radius 3 is 2.03 bits per heavy atom. The molecule has 0 aliphatic heterocycles. The second-order valence-corrected chi connectivity index (χ2v) is 9.18. The third-order valence-corrected chi connectivity index (χ3v) is 5.65. The van der Waals surface area contributed by atoms with E-state index in [2.05, 4.69) is 38.2 Å². The predicted molar refractivity (Wildman–Crippen MR) is 114 cm³/mol. The zero-order valence-electron chi connectivity index (χ0n) is 17.8. The van der Waals surface area contributed by atoms with Gasteiger partial charge in [0.1, 0.15) is 0 Å². The van der Waals surface area contributed by atoms with Crippen molar-refractivity contribution in [3.8, 4) is 0 Å². The van der Waals surface area contributed by atoms with Crippen LogP contribution in [-0.2, 0) is 16.8 Å². The van der Waals surface area contributed by atoms with Crippen molar-refractivity contribution in [1.82, 2.24) is 5.06 Å². The summed E-state index contributed by atoms with van der Waals surface area (Å²) in [6.07, 6.45) is -0.373. The number of hydrogen-bond acceptors (Lipinski definition) is 3. The second-order valence-electron chi connectivity index (χ2n) is 9.18. The average molecular weight is 417 g/mol. The molecule has 0 saturated heterocycles. The highest BCUT2D eigenvalue weighted by Gasteiger charge is 2.38. The molecule has 0 heterocycles. The number of carbonyl (C=O) groups excluding carboxylic acids is 1. The molecule has 1 amide bonds. The Morgan fingerprint density at radius 1 is 1.03 bits per heavy atom. The van der Waals surface area contributed by atoms with Crippen molar-refractivity contribution < 1.29 is 18.8 Å². The van der Waals surface area contributed by atoms with Crippen LogP contribution in [0.2, 0.25) is 0 Å². The van der Waals surface area contributed by atoms with Gasteiger partial charge < -0.3 is 5.32 Å². The highest BCUT2D eigenvalue weighted by molar-refractivity contribution is 5.77. The van der Waals surface area contributed by atoms with Gasteiger partial charge in [0, 0.05) is 30.1 Å². The first-order valence-electron chi connectivity index (χ1n) is 10.4. The van der Waals surface area contributed by atoms with Gasteiger partial charge in [-0.1, -0.05) is 45.0 Å². The average Bonchev–Trinajstić information content (AvgIpc) is 2.68. The SMILES string of the molecule is CC(C)(C)c1ccc(Nc2ccc(CN(O)C(=O)C3CCC(F)(F)CC3)cc2)cc1. The van der Waals surface area contributed by atoms with Gasteiger partial charge in [-0.15, -0.1) is 0 Å². The number of nitrogens with zero attached hydrogens (tertiary/aromatic N) is 1. The minimum atomic E-state index is -2.69. The van der Waals surface area contributed by atoms with E-state index in [-0.39, 0.29) is 37.6 Å². The first-order chi connectivity index (χ1) is 14.0. The Balaban J connectivity index is 1.54. The molecular weight excluding hydrogens is 386 g/mol. The van der Waals surface area contributed by atoms with Gasteiger partial charge in [0.25, 0.3) is 0 Å². The summed E-state index contributed by atoms with van der Waals surface area (Å²) in [4.78, 5) is 12.3. The number of benzene rings is 2. The van der Waals surface area contributed by atoms with Crippen LogP contribution in [-0.4, -0.2) is 22.1 Å². The molecule has 6 heteroatoms. The Hall–Kier alpha value is -2.47. The number of rotatable bonds is 5. The van der Waals surface area contributed by atoms with E-state index >= 15 is 0 Å². The molecule has 1 saturated carbocycles. The largest absolute Gasteiger partial charge is 0.356 e. The smallest absolute Gasteiger partial charge is 0.249 e. The lowest BCUT2D eigenvalue weighted by Gasteiger charge is -2.29. The van der Waals surface area contributed by atoms with Crippen molar-refractivity contribution in [3.05, 3.63) is 59.7 Å². The van der Waals surface area contributed by atoms with E-state index in [0.29, 0.717) is 5.06 Å². The maximum absolute atomic E-state index is 13.3. The van der Waals surface area contributed by atoms with Gasteiger partial charge in [-0.3, -0.25) is 10.0 Å². The third-order valence-electron chi connectivity index (χ3n) is 5.65. The van der Waals surface area contributed by atoms with Gasteiger partial charge in [0.15, 0.2) is 0 Å². The summed E-state index contributed by atoms with van der Waals surface area (Å²) in [7, 11) is 0. The minimum Gasteiger partial charge on any atom is -0.356 e. The minimum absolute atomic E-state index is 0.0340. The molecule has 2 N–H and O–H groups in total. The topological polar surface area (TPSA) is 52.6 Å². The standard InChI is InChI=1S/C24H30F2N2O2/c1-23(2,3)19-6-10-21(11-7-19)27-20-8-4-17(5-9-20)16-28(30)22(29)18-12-14-24(25,26)15-13-18/h4-11,18,27,30H,12-16H2,1-3H3. The van der Waals surface area contributed by atoms with Crippen molar-refractivity contribution in [3.63, 3.8) is 0 Å². The monoisotopic (exact) mass is 416 g/mol. The van der Waals surface area contributed by atoms with Gasteiger partial charge in [-0.2, -0.15) is 0 Å². The molecule has 1 aliphatic carbocycles. The zero-order chi connectivity index (χ0) is 21.9. The van der Waals surface area contributed by atoms with Crippen LogP contribution in [0.4, 0.5) is 20.2 Å². The van der Waals surface area contributed by atoms with Crippen LogP contribution in [0.25, 0.3) is 0 Å². The van der Waals surface area contributed by atoms with Crippen LogP contribution >= 0.6 is 0 Å². The van der Waals surface area contributed by atoms with Crippen LogP contribution in [0.3, 0.4) is 0 Å². The Labute approximate surface area is 176 Å². The fraction of sp³-hybridized carbons (Fsp3) is 0.458. The van der Waals surface area contributed by atoms with E-state index in [1.165, 1.54) is 5.56 Å². The van der Waals surface area contributed by atoms with Crippen LogP contribution in [0, 0.1) is 5.92 Å². The lowest BCUT2D eigenvalue weighted by atomic mass is 9.86. The fourth-order valence-electron chi connectivity index (χ4n) is 3.66. The Morgan fingerprint density at radius 2 is 1.53 bits per heavy atom. The molecule has 3 rings (SSSR count). The van der Waals surface area contributed by atoms with Crippen molar-refractivity contribution in [2.45, 2.75) is 64.3 Å². The molecule has 30 heavy (non-hydrogen) atoms. The van der Waals surface area contributed by atoms with Crippen molar-refractivity contribution in [1.29, 1.82) is 0 Å². The fourth-order valence-corrected chi connectivity index (χ4v) is 3.66. The van der Waals surface area contributed by atoms with Gasteiger partial charge in [-0.25, -0.2) is 13.8 Å². The normalized spacial score (nSPS) is 16.9. The van der Waals surface area contributed by atoms with Crippen molar-refractivity contribution >= 4 is 17.3 Å². The van der Waals surface area contributed by atoms with Gasteiger partial charge in [0.2, 0.25) is 11.8 Å². The summed E-state index contributed by atoms with van der Waals surface area (Å²) in [6.45, 7) is 6.55. The number of carbonyl (C=O) groups is 1. The molecule has 0 atom stereocenters. The predicted octanol–water partition coefficient (Wildman–Crippen LogP) is 6.27. The number of anilines is 2. The maximum atomic E-state index is 13.3. The molecule has 0 spiro atoms. The van der Waals surface area contributed by atoms with E-state index < -0.39 is 17.7 Å². The highest BCUT2D eigenvalue weighted by atomic mass is 19.3. The molecule has 2 aromatic rings. The van der Waals surface area contributed by atoms with Crippen molar-refractivity contribution in [2.75, 3.05) is 5.32 Å². The van der Waals surface area contributed by atoms with Crippen molar-refractivity contribution in [2.24, 2.45) is 5.92 Å². The molecule has 162 valence electrons. The lowest BCUT2D eigenvalue weighted by Crippen LogP contribution is -2.37. The molecule has 4 nitrogen and oxygen atoms in total. The Bertz CT molecular complexity index is 848. The highest BCUT2D eigenvalue weighted by Crippen LogP contribution is 2.36. The molecular formula is C24H30F2N2O2. The summed E-state index contributed by atoms with van der Waals surface area (Å²) in [5.41, 5.74) is 4.00. The number of hydroxylamine groups is 2. The summed E-state index contributed by atoms with van der Waals surface area (Å²) < 4.78 is 26.5. The van der Waals surface area contributed by atoms with Gasteiger partial charge >= 0.3 is 0 Å². The number of halogens is 2. The van der Waals surface area contributed by atoms with Crippen LogP contribution in [0.15, 0.2) is 48.5 Å². The zero-order valence-corrected chi connectivity index (χ0v) is 17.8. The molecule has 1 fully saturated rings. The number of nitrogens with one attached hydrogen (secondary N) is 1. The molecule has 0 bridgehead atoms. The number of hydrogen-bond donors (Lipinski definition) is 2. The van der Waals surface area contributed by atoms with Gasteiger partial charge in [-0.05, 0) is 53.6 Å². The van der Waals surface area contributed by atoms with E-state index in [1.807, 2.05) is 36.4 Å². The van der Waals surface area contributed by atoms with Crippen LogP contribution in [0.5, 0.6) is 0 Å². The molecule has 2 aromatic carbocycles. The summed E-state index contributed by atoms with van der Waals surface area (Å²) in [5.74, 6) is -3.70. The molecule has 0 unspecified atom stereocenters. The summed E-state index contributed by atoms with van der Waals surface area (Å²) >= 11 is 0. The van der Waals surface area contributed by atoms with E-state index in [9.17, 15) is 18.8 Å². The van der Waals surface area contributed by atoms with Crippen LogP contribution < -0.4 is 5.32 Å². The maximum Gasteiger partial charge on any atom is 0.249 e. The lowest BCUT2D eigenvalue weighted by molar-refractivity contribution is -0.176. The van der Waals surface area contributed by atoms with E-state index in [1.54, 1.807) is 0 Å². The first kappa shape index (κ1) is 22.2. The number of amides is 1. The Kier molecular flexibility index (Phi) is 6.46. The number of alkyl halides is 2.